The van der Waals surface area contributed by atoms with E-state index in [1.54, 1.807) is 6.07 Å². The molecule has 2 aromatic rings. The molecular weight excluding hydrogens is 252 g/mol. The quantitative estimate of drug-likeness (QED) is 0.930. The van der Waals surface area contributed by atoms with Crippen LogP contribution in [0, 0.1) is 0 Å². The summed E-state index contributed by atoms with van der Waals surface area (Å²) in [6, 6.07) is 5.50. The number of rotatable bonds is 4. The molecule has 1 aliphatic heterocycles. The van der Waals surface area contributed by atoms with Crippen LogP contribution in [0.2, 0.25) is 0 Å². The maximum absolute atomic E-state index is 11.4. The van der Waals surface area contributed by atoms with Gasteiger partial charge in [0.2, 0.25) is 0 Å². The van der Waals surface area contributed by atoms with Gasteiger partial charge in [0.25, 0.3) is 0 Å². The minimum Gasteiger partial charge on any atom is -0.478 e. The van der Waals surface area contributed by atoms with Crippen LogP contribution in [0.25, 0.3) is 10.9 Å². The van der Waals surface area contributed by atoms with Crippen molar-refractivity contribution in [3.8, 4) is 0 Å². The number of likely N-dealkylation sites (tertiary alicyclic amines) is 1. The number of carboxylic acid groups (broad SMARTS) is 1. The third kappa shape index (κ3) is 2.31. The van der Waals surface area contributed by atoms with Crippen molar-refractivity contribution in [2.45, 2.75) is 19.3 Å². The second-order valence-corrected chi connectivity index (χ2v) is 5.57. The van der Waals surface area contributed by atoms with Gasteiger partial charge in [-0.1, -0.05) is 6.07 Å². The van der Waals surface area contributed by atoms with Crippen molar-refractivity contribution >= 4 is 16.9 Å². The SMILES string of the molecule is Cn1cc(CCN2CCCC2)c2c(C(=O)O)cccc21. The van der Waals surface area contributed by atoms with Gasteiger partial charge >= 0.3 is 5.97 Å². The largest absolute Gasteiger partial charge is 0.478 e. The lowest BCUT2D eigenvalue weighted by Crippen LogP contribution is -2.21. The van der Waals surface area contributed by atoms with Crippen LogP contribution in [-0.2, 0) is 13.5 Å². The first-order chi connectivity index (χ1) is 9.66. The van der Waals surface area contributed by atoms with E-state index in [1.807, 2.05) is 23.7 Å². The lowest BCUT2D eigenvalue weighted by atomic mass is 10.0. The van der Waals surface area contributed by atoms with Gasteiger partial charge in [0.05, 0.1) is 5.56 Å². The van der Waals surface area contributed by atoms with E-state index >= 15 is 0 Å². The molecule has 0 atom stereocenters. The summed E-state index contributed by atoms with van der Waals surface area (Å²) >= 11 is 0. The van der Waals surface area contributed by atoms with Gasteiger partial charge in [0.15, 0.2) is 0 Å². The van der Waals surface area contributed by atoms with E-state index in [0.29, 0.717) is 5.56 Å². The molecule has 1 aromatic heterocycles. The fourth-order valence-electron chi connectivity index (χ4n) is 3.19. The van der Waals surface area contributed by atoms with Crippen molar-refractivity contribution in [2.24, 2.45) is 7.05 Å². The zero-order valence-corrected chi connectivity index (χ0v) is 11.8. The number of carbonyl (C=O) groups is 1. The van der Waals surface area contributed by atoms with Crippen LogP contribution in [0.5, 0.6) is 0 Å². The van der Waals surface area contributed by atoms with Gasteiger partial charge in [-0.15, -0.1) is 0 Å². The van der Waals surface area contributed by atoms with Crippen LogP contribution < -0.4 is 0 Å². The lowest BCUT2D eigenvalue weighted by Gasteiger charge is -2.13. The number of aryl methyl sites for hydroxylation is 1. The van der Waals surface area contributed by atoms with Gasteiger partial charge in [0, 0.05) is 30.7 Å². The second-order valence-electron chi connectivity index (χ2n) is 5.57. The standard InChI is InChI=1S/C16H20N2O2/c1-17-11-12(7-10-18-8-2-3-9-18)15-13(16(19)20)5-4-6-14(15)17/h4-6,11H,2-3,7-10H2,1H3,(H,19,20). The molecule has 1 fully saturated rings. The van der Waals surface area contributed by atoms with E-state index in [1.165, 1.54) is 25.9 Å². The summed E-state index contributed by atoms with van der Waals surface area (Å²) in [5, 5.41) is 10.3. The Morgan fingerprint density at radius 1 is 1.30 bits per heavy atom. The van der Waals surface area contributed by atoms with Gasteiger partial charge in [-0.2, -0.15) is 0 Å². The van der Waals surface area contributed by atoms with Crippen LogP contribution in [0.4, 0.5) is 0 Å². The Kier molecular flexibility index (Phi) is 3.49. The molecule has 4 nitrogen and oxygen atoms in total. The Balaban J connectivity index is 1.95. The predicted octanol–water partition coefficient (Wildman–Crippen LogP) is 2.51. The molecule has 106 valence electrons. The third-order valence-electron chi connectivity index (χ3n) is 4.22. The molecule has 4 heteroatoms. The molecule has 3 rings (SSSR count). The fourth-order valence-corrected chi connectivity index (χ4v) is 3.19. The summed E-state index contributed by atoms with van der Waals surface area (Å²) in [5.41, 5.74) is 2.56. The maximum atomic E-state index is 11.4. The minimum absolute atomic E-state index is 0.416. The highest BCUT2D eigenvalue weighted by Gasteiger charge is 2.17. The zero-order chi connectivity index (χ0) is 14.1. The number of aromatic carboxylic acids is 1. The Morgan fingerprint density at radius 3 is 2.75 bits per heavy atom. The minimum atomic E-state index is -0.843. The molecule has 2 heterocycles. The number of fused-ring (bicyclic) bond motifs is 1. The summed E-state index contributed by atoms with van der Waals surface area (Å²) in [5.74, 6) is -0.843. The highest BCUT2D eigenvalue weighted by Crippen LogP contribution is 2.25. The normalized spacial score (nSPS) is 16.1. The summed E-state index contributed by atoms with van der Waals surface area (Å²) in [6.07, 6.45) is 5.57. The van der Waals surface area contributed by atoms with E-state index in [4.69, 9.17) is 0 Å². The predicted molar refractivity (Wildman–Crippen MR) is 79.3 cm³/mol. The van der Waals surface area contributed by atoms with Crippen LogP contribution in [0.3, 0.4) is 0 Å². The van der Waals surface area contributed by atoms with Crippen molar-refractivity contribution in [1.82, 2.24) is 9.47 Å². The Bertz CT molecular complexity index is 639. The number of benzene rings is 1. The number of nitrogens with zero attached hydrogens (tertiary/aromatic N) is 2. The molecule has 0 unspecified atom stereocenters. The van der Waals surface area contributed by atoms with Crippen molar-refractivity contribution in [3.63, 3.8) is 0 Å². The van der Waals surface area contributed by atoms with Crippen molar-refractivity contribution < 1.29 is 9.90 Å². The first kappa shape index (κ1) is 13.2. The van der Waals surface area contributed by atoms with Crippen molar-refractivity contribution in [1.29, 1.82) is 0 Å². The topological polar surface area (TPSA) is 45.5 Å². The van der Waals surface area contributed by atoms with Crippen LogP contribution in [0.1, 0.15) is 28.8 Å². The van der Waals surface area contributed by atoms with Crippen LogP contribution in [-0.4, -0.2) is 40.2 Å². The highest BCUT2D eigenvalue weighted by atomic mass is 16.4. The summed E-state index contributed by atoms with van der Waals surface area (Å²) in [4.78, 5) is 13.9. The van der Waals surface area contributed by atoms with E-state index < -0.39 is 5.97 Å². The molecule has 0 spiro atoms. The number of aromatic nitrogens is 1. The molecule has 1 N–H and O–H groups in total. The number of carboxylic acids is 1. The maximum Gasteiger partial charge on any atom is 0.336 e. The molecular formula is C16H20N2O2. The van der Waals surface area contributed by atoms with Gasteiger partial charge in [-0.25, -0.2) is 4.79 Å². The van der Waals surface area contributed by atoms with E-state index in [2.05, 4.69) is 11.1 Å². The third-order valence-corrected chi connectivity index (χ3v) is 4.22. The van der Waals surface area contributed by atoms with E-state index in [0.717, 1.165) is 29.4 Å². The van der Waals surface area contributed by atoms with Crippen LogP contribution >= 0.6 is 0 Å². The van der Waals surface area contributed by atoms with E-state index in [-0.39, 0.29) is 0 Å². The Labute approximate surface area is 118 Å². The molecule has 1 saturated heterocycles. The molecule has 0 amide bonds. The first-order valence-electron chi connectivity index (χ1n) is 7.19. The molecule has 0 aliphatic carbocycles. The van der Waals surface area contributed by atoms with Gasteiger partial charge in [-0.3, -0.25) is 0 Å². The van der Waals surface area contributed by atoms with E-state index in [9.17, 15) is 9.90 Å². The molecule has 20 heavy (non-hydrogen) atoms. The van der Waals surface area contributed by atoms with Gasteiger partial charge < -0.3 is 14.6 Å². The average Bonchev–Trinajstić information content (AvgIpc) is 3.05. The van der Waals surface area contributed by atoms with Gasteiger partial charge in [-0.05, 0) is 50.0 Å². The average molecular weight is 272 g/mol. The number of hydrogen-bond acceptors (Lipinski definition) is 2. The highest BCUT2D eigenvalue weighted by molar-refractivity contribution is 6.04. The molecule has 1 aliphatic rings. The Morgan fingerprint density at radius 2 is 2.05 bits per heavy atom. The summed E-state index contributed by atoms with van der Waals surface area (Å²) < 4.78 is 2.03. The zero-order valence-electron chi connectivity index (χ0n) is 11.8. The lowest BCUT2D eigenvalue weighted by molar-refractivity contribution is 0.0699. The monoisotopic (exact) mass is 272 g/mol. The van der Waals surface area contributed by atoms with Gasteiger partial charge in [0.1, 0.15) is 0 Å². The van der Waals surface area contributed by atoms with Crippen molar-refractivity contribution in [3.05, 3.63) is 35.5 Å². The Hall–Kier alpha value is -1.81. The summed E-state index contributed by atoms with van der Waals surface area (Å²) in [6.45, 7) is 3.38. The summed E-state index contributed by atoms with van der Waals surface area (Å²) in [7, 11) is 1.98. The molecule has 1 aromatic carbocycles. The number of hydrogen-bond donors (Lipinski definition) is 1. The van der Waals surface area contributed by atoms with Crippen molar-refractivity contribution in [2.75, 3.05) is 19.6 Å². The second kappa shape index (κ2) is 5.29. The van der Waals surface area contributed by atoms with Crippen LogP contribution in [0.15, 0.2) is 24.4 Å². The molecule has 0 saturated carbocycles. The smallest absolute Gasteiger partial charge is 0.336 e. The molecule has 0 radical (unpaired) electrons. The fraction of sp³-hybridized carbons (Fsp3) is 0.438. The molecule has 0 bridgehead atoms. The first-order valence-corrected chi connectivity index (χ1v) is 7.19.